The van der Waals surface area contributed by atoms with Gasteiger partial charge in [-0.3, -0.25) is 9.59 Å². The first-order chi connectivity index (χ1) is 22.3. The van der Waals surface area contributed by atoms with Gasteiger partial charge >= 0.3 is 6.18 Å². The Morgan fingerprint density at radius 2 is 2.00 bits per heavy atom. The fourth-order valence-electron chi connectivity index (χ4n) is 6.40. The van der Waals surface area contributed by atoms with E-state index in [1.165, 1.54) is 0 Å². The Kier molecular flexibility index (Phi) is 10.5. The normalized spacial score (nSPS) is 24.3. The smallest absolute Gasteiger partial charge is 0.434 e. The molecule has 1 unspecified atom stereocenters. The monoisotopic (exact) mass is 672 g/mol. The Morgan fingerprint density at radius 3 is 2.70 bits per heavy atom. The highest BCUT2D eigenvalue weighted by Crippen LogP contribution is 2.45. The van der Waals surface area contributed by atoms with Crippen LogP contribution < -0.4 is 14.8 Å². The number of nitrogens with zero attached hydrogens (tertiary/aromatic N) is 3. The molecule has 2 fully saturated rings. The molecule has 0 radical (unpaired) electrons. The Morgan fingerprint density at radius 1 is 1.21 bits per heavy atom. The van der Waals surface area contributed by atoms with E-state index in [0.29, 0.717) is 29.4 Å². The van der Waals surface area contributed by atoms with Gasteiger partial charge in [0.25, 0.3) is 0 Å². The second-order valence-corrected chi connectivity index (χ2v) is 14.1. The number of carbonyl (C=O) groups is 2. The van der Waals surface area contributed by atoms with Gasteiger partial charge in [-0.1, -0.05) is 19.1 Å². The minimum atomic E-state index is -4.55. The number of ether oxygens (including phenoxy) is 2. The van der Waals surface area contributed by atoms with Gasteiger partial charge in [0, 0.05) is 53.4 Å². The van der Waals surface area contributed by atoms with Gasteiger partial charge in [-0.2, -0.15) is 13.2 Å². The Hall–Kier alpha value is -3.67. The summed E-state index contributed by atoms with van der Waals surface area (Å²) in [5.74, 6) is 1.38. The molecule has 2 amide bonds. The Labute approximate surface area is 277 Å². The van der Waals surface area contributed by atoms with Crippen molar-refractivity contribution in [3.63, 3.8) is 0 Å². The number of fused-ring (bicyclic) bond motifs is 1. The number of hydrogen-bond donors (Lipinski definition) is 1. The first-order valence-electron chi connectivity index (χ1n) is 16.1. The Bertz CT molecular complexity index is 1630. The molecule has 0 spiro atoms. The molecule has 2 saturated carbocycles. The molecule has 8 nitrogen and oxygen atoms in total. The topological polar surface area (TPSA) is 93.7 Å². The van der Waals surface area contributed by atoms with Crippen molar-refractivity contribution < 1.29 is 32.2 Å². The fourth-order valence-corrected chi connectivity index (χ4v) is 7.18. The third kappa shape index (κ3) is 8.08. The van der Waals surface area contributed by atoms with Crippen molar-refractivity contribution in [2.75, 3.05) is 20.7 Å². The summed E-state index contributed by atoms with van der Waals surface area (Å²) >= 11 is 0.883. The van der Waals surface area contributed by atoms with E-state index >= 15 is 0 Å². The molecule has 254 valence electrons. The van der Waals surface area contributed by atoms with Crippen molar-refractivity contribution in [2.24, 2.45) is 17.8 Å². The van der Waals surface area contributed by atoms with Crippen LogP contribution in [0.4, 0.5) is 13.2 Å². The highest BCUT2D eigenvalue weighted by molar-refractivity contribution is 7.13. The van der Waals surface area contributed by atoms with Gasteiger partial charge in [-0.25, -0.2) is 9.97 Å². The predicted molar refractivity (Wildman–Crippen MR) is 176 cm³/mol. The first-order valence-corrected chi connectivity index (χ1v) is 17.0. The summed E-state index contributed by atoms with van der Waals surface area (Å²) < 4.78 is 52.1. The van der Waals surface area contributed by atoms with E-state index in [9.17, 15) is 22.8 Å². The van der Waals surface area contributed by atoms with Crippen molar-refractivity contribution in [2.45, 2.75) is 83.5 Å². The van der Waals surface area contributed by atoms with E-state index in [2.05, 4.69) is 36.3 Å². The number of unbranched alkanes of at least 4 members (excludes halogenated alkanes) is 2. The minimum Gasteiger partial charge on any atom is -0.496 e. The average Bonchev–Trinajstić information content (AvgIpc) is 3.40. The fraction of sp³-hybridized carbons (Fsp3) is 0.543. The van der Waals surface area contributed by atoms with Gasteiger partial charge in [0.1, 0.15) is 22.2 Å². The van der Waals surface area contributed by atoms with E-state index in [1.54, 1.807) is 25.1 Å². The lowest BCUT2D eigenvalue weighted by molar-refractivity contribution is -0.140. The highest BCUT2D eigenvalue weighted by atomic mass is 32.1. The first kappa shape index (κ1) is 34.7. The number of methoxy groups -OCH3 is 1. The zero-order valence-corrected chi connectivity index (χ0v) is 28.3. The lowest BCUT2D eigenvalue weighted by atomic mass is 9.78. The molecule has 12 heteroatoms. The molecule has 0 aliphatic heterocycles. The maximum atomic E-state index is 13.6. The van der Waals surface area contributed by atoms with Gasteiger partial charge in [-0.15, -0.1) is 11.3 Å². The number of aryl methyl sites for hydroxylation is 1. The molecule has 5 atom stereocenters. The highest BCUT2D eigenvalue weighted by Gasteiger charge is 2.50. The molecule has 5 rings (SSSR count). The van der Waals surface area contributed by atoms with Crippen molar-refractivity contribution in [3.05, 3.63) is 47.0 Å². The second kappa shape index (κ2) is 14.2. The predicted octanol–water partition coefficient (Wildman–Crippen LogP) is 7.59. The van der Waals surface area contributed by atoms with E-state index in [1.807, 2.05) is 19.1 Å². The summed E-state index contributed by atoms with van der Waals surface area (Å²) in [5, 5.41) is 5.17. The van der Waals surface area contributed by atoms with Gasteiger partial charge in [0.15, 0.2) is 5.69 Å². The maximum absolute atomic E-state index is 13.6. The number of carbonyl (C=O) groups excluding carboxylic acids is 2. The third-order valence-electron chi connectivity index (χ3n) is 9.55. The summed E-state index contributed by atoms with van der Waals surface area (Å²) in [7, 11) is 3.33. The van der Waals surface area contributed by atoms with Gasteiger partial charge < -0.3 is 19.7 Å². The van der Waals surface area contributed by atoms with Crippen molar-refractivity contribution in [1.82, 2.24) is 20.2 Å². The van der Waals surface area contributed by atoms with E-state index in [0.717, 1.165) is 79.1 Å². The molecule has 3 aromatic rings. The van der Waals surface area contributed by atoms with Gasteiger partial charge in [0.05, 0.1) is 18.7 Å². The summed E-state index contributed by atoms with van der Waals surface area (Å²) in [5.41, 5.74) is 0.366. The van der Waals surface area contributed by atoms with Crippen molar-refractivity contribution in [1.29, 1.82) is 0 Å². The van der Waals surface area contributed by atoms with Crippen LogP contribution in [0.15, 0.2) is 35.7 Å². The SMILES string of the molecule is COc1ccc2c(O[C@H]3CC[C@@H](C)C(C(=O)N[C@]4(C)C[C@H]4/C=C\CCCCN(C)C=O)C3)cc(-c3nc(C(F)(F)F)cs3)nc2c1C. The number of nitrogens with one attached hydrogen (secondary N) is 1. The van der Waals surface area contributed by atoms with Crippen molar-refractivity contribution in [3.8, 4) is 22.2 Å². The number of rotatable bonds is 13. The molecular weight excluding hydrogens is 629 g/mol. The molecule has 47 heavy (non-hydrogen) atoms. The number of hydrogen-bond acceptors (Lipinski definition) is 7. The van der Waals surface area contributed by atoms with Crippen LogP contribution in [-0.2, 0) is 15.8 Å². The standard InChI is InChI=1S/C35H43F3N4O4S/c1-21-11-12-24(16-26(21)32(44)41-34(3)18-23(34)10-8-6-7-9-15-42(4)20-43)46-29-17-27(33-40-30(19-47-33)35(36,37)38)39-31-22(2)28(45-5)14-13-25(29)31/h8,10,13-14,17,19-21,23-24,26H,6-7,9,11-12,15-16,18H2,1-5H3,(H,41,44)/b10-8-/t21-,23-,24+,26?,34-/m1/s1. The number of amides is 2. The van der Waals surface area contributed by atoms with E-state index in [-0.39, 0.29) is 40.1 Å². The number of pyridine rings is 1. The van der Waals surface area contributed by atoms with Gasteiger partial charge in [-0.05, 0) is 76.8 Å². The quantitative estimate of drug-likeness (QED) is 0.114. The Balaban J connectivity index is 1.28. The van der Waals surface area contributed by atoms with Crippen LogP contribution in [0.2, 0.25) is 0 Å². The molecule has 1 aromatic carbocycles. The summed E-state index contributed by atoms with van der Waals surface area (Å²) in [6.45, 7) is 6.79. The molecular formula is C35H43F3N4O4S. The summed E-state index contributed by atoms with van der Waals surface area (Å²) in [6, 6.07) is 5.32. The van der Waals surface area contributed by atoms with E-state index in [4.69, 9.17) is 14.5 Å². The zero-order valence-electron chi connectivity index (χ0n) is 27.5. The molecule has 0 saturated heterocycles. The number of halogens is 3. The van der Waals surface area contributed by atoms with Crippen LogP contribution >= 0.6 is 11.3 Å². The lowest BCUT2D eigenvalue weighted by Crippen LogP contribution is -2.45. The zero-order chi connectivity index (χ0) is 33.9. The molecule has 2 aromatic heterocycles. The van der Waals surface area contributed by atoms with Crippen LogP contribution in [0.25, 0.3) is 21.6 Å². The minimum absolute atomic E-state index is 0.0319. The maximum Gasteiger partial charge on any atom is 0.434 e. The lowest BCUT2D eigenvalue weighted by Gasteiger charge is -2.34. The van der Waals surface area contributed by atoms with Crippen LogP contribution in [-0.4, -0.2) is 59.5 Å². The number of thiazole rings is 1. The molecule has 2 aliphatic rings. The molecule has 0 bridgehead atoms. The van der Waals surface area contributed by atoms with Gasteiger partial charge in [0.2, 0.25) is 12.3 Å². The number of aromatic nitrogens is 2. The number of allylic oxidation sites excluding steroid dienone is 1. The van der Waals surface area contributed by atoms with Crippen LogP contribution in [0, 0.1) is 24.7 Å². The average molecular weight is 673 g/mol. The second-order valence-electron chi connectivity index (χ2n) is 13.2. The van der Waals surface area contributed by atoms with E-state index < -0.39 is 11.9 Å². The third-order valence-corrected chi connectivity index (χ3v) is 10.4. The number of benzene rings is 1. The van der Waals surface area contributed by atoms with Crippen molar-refractivity contribution >= 4 is 34.6 Å². The van der Waals surface area contributed by atoms with Crippen LogP contribution in [0.5, 0.6) is 11.5 Å². The molecule has 2 heterocycles. The summed E-state index contributed by atoms with van der Waals surface area (Å²) in [6.07, 6.45) is 6.29. The number of alkyl halides is 3. The largest absolute Gasteiger partial charge is 0.496 e. The molecule has 2 aliphatic carbocycles. The van der Waals surface area contributed by atoms with Crippen LogP contribution in [0.3, 0.4) is 0 Å². The molecule has 1 N–H and O–H groups in total. The van der Waals surface area contributed by atoms with Crippen LogP contribution in [0.1, 0.15) is 70.1 Å². The summed E-state index contributed by atoms with van der Waals surface area (Å²) in [4.78, 5) is 34.5.